The van der Waals surface area contributed by atoms with Crippen molar-refractivity contribution in [2.75, 3.05) is 26.2 Å². The van der Waals surface area contributed by atoms with Gasteiger partial charge in [-0.05, 0) is 56.2 Å². The van der Waals surface area contributed by atoms with E-state index in [-0.39, 0.29) is 16.4 Å². The third-order valence-corrected chi connectivity index (χ3v) is 7.42. The summed E-state index contributed by atoms with van der Waals surface area (Å²) < 4.78 is 27.3. The maximum absolute atomic E-state index is 12.9. The van der Waals surface area contributed by atoms with Crippen molar-refractivity contribution in [1.29, 1.82) is 0 Å². The highest BCUT2D eigenvalue weighted by Crippen LogP contribution is 2.27. The number of hydrogen-bond donors (Lipinski definition) is 0. The number of hydrogen-bond acceptors (Lipinski definition) is 3. The van der Waals surface area contributed by atoms with Gasteiger partial charge in [-0.25, -0.2) is 8.42 Å². The van der Waals surface area contributed by atoms with E-state index < -0.39 is 10.0 Å². The van der Waals surface area contributed by atoms with E-state index in [4.69, 9.17) is 11.6 Å². The van der Waals surface area contributed by atoms with Crippen molar-refractivity contribution in [2.24, 2.45) is 5.92 Å². The molecule has 0 spiro atoms. The van der Waals surface area contributed by atoms with E-state index in [0.717, 1.165) is 32.1 Å². The SMILES string of the molecule is CC1CCN(S(=O)(=O)c2ccc(Cl)c(C(=O)N3CCCCC3)c2)CC1. The van der Waals surface area contributed by atoms with Crippen LogP contribution in [0.3, 0.4) is 0 Å². The average Bonchev–Trinajstić information content (AvgIpc) is 2.62. The Balaban J connectivity index is 1.86. The molecular formula is C18H25ClN2O3S. The van der Waals surface area contributed by atoms with Gasteiger partial charge in [-0.2, -0.15) is 4.31 Å². The van der Waals surface area contributed by atoms with Crippen LogP contribution in [0.25, 0.3) is 0 Å². The maximum Gasteiger partial charge on any atom is 0.255 e. The summed E-state index contributed by atoms with van der Waals surface area (Å²) in [4.78, 5) is 14.7. The summed E-state index contributed by atoms with van der Waals surface area (Å²) >= 11 is 6.21. The molecule has 0 bridgehead atoms. The number of carbonyl (C=O) groups excluding carboxylic acids is 1. The number of benzene rings is 1. The number of carbonyl (C=O) groups is 1. The molecule has 5 nitrogen and oxygen atoms in total. The lowest BCUT2D eigenvalue weighted by Crippen LogP contribution is -2.38. The molecule has 0 aromatic heterocycles. The molecule has 0 saturated carbocycles. The Hall–Kier alpha value is -1.11. The van der Waals surface area contributed by atoms with E-state index in [9.17, 15) is 13.2 Å². The Bertz CT molecular complexity index is 737. The van der Waals surface area contributed by atoms with Crippen molar-refractivity contribution < 1.29 is 13.2 Å². The zero-order valence-electron chi connectivity index (χ0n) is 14.6. The first-order valence-electron chi connectivity index (χ1n) is 8.98. The predicted molar refractivity (Wildman–Crippen MR) is 98.4 cm³/mol. The van der Waals surface area contributed by atoms with Crippen molar-refractivity contribution in [2.45, 2.75) is 43.9 Å². The molecule has 3 rings (SSSR count). The summed E-state index contributed by atoms with van der Waals surface area (Å²) in [5.41, 5.74) is 0.287. The van der Waals surface area contributed by atoms with E-state index in [1.165, 1.54) is 22.5 Å². The molecule has 2 aliphatic rings. The molecule has 2 heterocycles. The van der Waals surface area contributed by atoms with Crippen LogP contribution in [-0.4, -0.2) is 49.7 Å². The molecule has 0 atom stereocenters. The zero-order valence-corrected chi connectivity index (χ0v) is 16.2. The van der Waals surface area contributed by atoms with E-state index >= 15 is 0 Å². The molecular weight excluding hydrogens is 360 g/mol. The number of rotatable bonds is 3. The van der Waals surface area contributed by atoms with Gasteiger partial charge >= 0.3 is 0 Å². The molecule has 0 radical (unpaired) electrons. The van der Waals surface area contributed by atoms with E-state index in [1.807, 2.05) is 0 Å². The van der Waals surface area contributed by atoms with Gasteiger partial charge in [-0.15, -0.1) is 0 Å². The van der Waals surface area contributed by atoms with Crippen molar-refractivity contribution >= 4 is 27.5 Å². The quantitative estimate of drug-likeness (QED) is 0.802. The van der Waals surface area contributed by atoms with Crippen LogP contribution in [0.15, 0.2) is 23.1 Å². The maximum atomic E-state index is 12.9. The number of likely N-dealkylation sites (tertiary alicyclic amines) is 1. The fraction of sp³-hybridized carbons (Fsp3) is 0.611. The highest BCUT2D eigenvalue weighted by Gasteiger charge is 2.30. The van der Waals surface area contributed by atoms with E-state index in [1.54, 1.807) is 4.90 Å². The summed E-state index contributed by atoms with van der Waals surface area (Å²) in [6.45, 7) is 4.61. The Morgan fingerprint density at radius 2 is 1.72 bits per heavy atom. The molecule has 0 aliphatic carbocycles. The number of halogens is 1. The Kier molecular flexibility index (Phi) is 5.71. The molecule has 0 unspecified atom stereocenters. The fourth-order valence-corrected chi connectivity index (χ4v) is 5.17. The Morgan fingerprint density at radius 3 is 2.36 bits per heavy atom. The molecule has 2 fully saturated rings. The molecule has 138 valence electrons. The van der Waals surface area contributed by atoms with Crippen LogP contribution in [-0.2, 0) is 10.0 Å². The van der Waals surface area contributed by atoms with Gasteiger partial charge in [0.15, 0.2) is 0 Å². The second kappa shape index (κ2) is 7.64. The summed E-state index contributed by atoms with van der Waals surface area (Å²) in [5, 5.41) is 0.307. The van der Waals surface area contributed by atoms with Crippen LogP contribution in [0.5, 0.6) is 0 Å². The zero-order chi connectivity index (χ0) is 18.0. The minimum atomic E-state index is -3.59. The fourth-order valence-electron chi connectivity index (χ4n) is 3.47. The molecule has 2 aliphatic heterocycles. The largest absolute Gasteiger partial charge is 0.339 e. The molecule has 1 aromatic carbocycles. The van der Waals surface area contributed by atoms with Crippen LogP contribution in [0.1, 0.15) is 49.4 Å². The van der Waals surface area contributed by atoms with Gasteiger partial charge in [-0.1, -0.05) is 18.5 Å². The number of nitrogens with zero attached hydrogens (tertiary/aromatic N) is 2. The van der Waals surface area contributed by atoms with Crippen LogP contribution < -0.4 is 0 Å². The first kappa shape index (κ1) is 18.7. The first-order chi connectivity index (χ1) is 11.9. The highest BCUT2D eigenvalue weighted by molar-refractivity contribution is 7.89. The van der Waals surface area contributed by atoms with Crippen LogP contribution in [0.2, 0.25) is 5.02 Å². The minimum Gasteiger partial charge on any atom is -0.339 e. The second-order valence-corrected chi connectivity index (χ2v) is 9.43. The normalized spacial score (nSPS) is 20.6. The van der Waals surface area contributed by atoms with Crippen molar-refractivity contribution in [3.8, 4) is 0 Å². The second-order valence-electron chi connectivity index (χ2n) is 7.08. The van der Waals surface area contributed by atoms with Crippen LogP contribution >= 0.6 is 11.6 Å². The Morgan fingerprint density at radius 1 is 1.08 bits per heavy atom. The van der Waals surface area contributed by atoms with Gasteiger partial charge in [0.1, 0.15) is 0 Å². The van der Waals surface area contributed by atoms with E-state index in [2.05, 4.69) is 6.92 Å². The molecule has 1 aromatic rings. The molecule has 0 N–H and O–H groups in total. The number of piperidine rings is 2. The molecule has 7 heteroatoms. The Labute approximate surface area is 155 Å². The first-order valence-corrected chi connectivity index (χ1v) is 10.8. The third-order valence-electron chi connectivity index (χ3n) is 5.19. The van der Waals surface area contributed by atoms with Crippen molar-refractivity contribution in [3.05, 3.63) is 28.8 Å². The minimum absolute atomic E-state index is 0.159. The average molecular weight is 385 g/mol. The third kappa shape index (κ3) is 4.01. The van der Waals surface area contributed by atoms with Gasteiger partial charge < -0.3 is 4.90 Å². The standard InChI is InChI=1S/C18H25ClN2O3S/c1-14-7-11-21(12-8-14)25(23,24)15-5-6-17(19)16(13-15)18(22)20-9-3-2-4-10-20/h5-6,13-14H,2-4,7-12H2,1H3. The lowest BCUT2D eigenvalue weighted by Gasteiger charge is -2.30. The van der Waals surface area contributed by atoms with Gasteiger partial charge in [0.2, 0.25) is 10.0 Å². The van der Waals surface area contributed by atoms with Crippen molar-refractivity contribution in [3.63, 3.8) is 0 Å². The smallest absolute Gasteiger partial charge is 0.255 e. The lowest BCUT2D eigenvalue weighted by atomic mass is 10.0. The van der Waals surface area contributed by atoms with Crippen LogP contribution in [0, 0.1) is 5.92 Å². The summed E-state index contributed by atoms with van der Waals surface area (Å²) in [7, 11) is -3.59. The van der Waals surface area contributed by atoms with Crippen LogP contribution in [0.4, 0.5) is 0 Å². The van der Waals surface area contributed by atoms with Gasteiger partial charge in [0.25, 0.3) is 5.91 Å². The summed E-state index contributed by atoms with van der Waals surface area (Å²) in [5.74, 6) is 0.377. The monoisotopic (exact) mass is 384 g/mol. The number of amides is 1. The highest BCUT2D eigenvalue weighted by atomic mass is 35.5. The molecule has 2 saturated heterocycles. The van der Waals surface area contributed by atoms with E-state index in [0.29, 0.717) is 37.1 Å². The summed E-state index contributed by atoms with van der Waals surface area (Å²) in [6, 6.07) is 4.48. The molecule has 25 heavy (non-hydrogen) atoms. The lowest BCUT2D eigenvalue weighted by molar-refractivity contribution is 0.0724. The van der Waals surface area contributed by atoms with Gasteiger partial charge in [0, 0.05) is 26.2 Å². The molecule has 1 amide bonds. The summed E-state index contributed by atoms with van der Waals surface area (Å²) in [6.07, 6.45) is 4.82. The predicted octanol–water partition coefficient (Wildman–Crippen LogP) is 3.39. The topological polar surface area (TPSA) is 57.7 Å². The van der Waals surface area contributed by atoms with Gasteiger partial charge in [-0.3, -0.25) is 4.79 Å². The van der Waals surface area contributed by atoms with Gasteiger partial charge in [0.05, 0.1) is 15.5 Å². The number of sulfonamides is 1. The van der Waals surface area contributed by atoms with Crippen molar-refractivity contribution in [1.82, 2.24) is 9.21 Å².